The van der Waals surface area contributed by atoms with Gasteiger partial charge < -0.3 is 23.7 Å². The molecule has 206 valence electrons. The molecule has 1 aliphatic heterocycles. The number of nitrogens with zero attached hydrogens (tertiary/aromatic N) is 3. The first kappa shape index (κ1) is 26.9. The summed E-state index contributed by atoms with van der Waals surface area (Å²) < 4.78 is 53.7. The number of carboxylic acids is 1. The minimum absolute atomic E-state index is 0.0797. The van der Waals surface area contributed by atoms with Crippen LogP contribution in [0.1, 0.15) is 35.8 Å². The summed E-state index contributed by atoms with van der Waals surface area (Å²) in [5.41, 5.74) is -1.57. The average Bonchev–Trinajstić information content (AvgIpc) is 3.58. The first-order valence-electron chi connectivity index (χ1n) is 12.1. The molecule has 13 heteroatoms. The molecule has 39 heavy (non-hydrogen) atoms. The predicted molar refractivity (Wildman–Crippen MR) is 136 cm³/mol. The fourth-order valence-electron chi connectivity index (χ4n) is 4.60. The molecule has 4 aromatic rings. The lowest BCUT2D eigenvalue weighted by Crippen LogP contribution is -2.35. The van der Waals surface area contributed by atoms with Crippen LogP contribution in [-0.4, -0.2) is 52.3 Å². The van der Waals surface area contributed by atoms with Gasteiger partial charge in [-0.1, -0.05) is 18.2 Å². The molecule has 0 unspecified atom stereocenters. The molecule has 1 fully saturated rings. The van der Waals surface area contributed by atoms with Crippen molar-refractivity contribution in [2.75, 3.05) is 20.3 Å². The largest absolute Gasteiger partial charge is 0.496 e. The summed E-state index contributed by atoms with van der Waals surface area (Å²) in [4.78, 5) is 29.6. The van der Waals surface area contributed by atoms with Crippen molar-refractivity contribution in [3.63, 3.8) is 0 Å². The molecule has 1 atom stereocenters. The first-order valence-corrected chi connectivity index (χ1v) is 13.0. The van der Waals surface area contributed by atoms with Crippen molar-refractivity contribution in [2.24, 2.45) is 0 Å². The zero-order valence-electron chi connectivity index (χ0n) is 21.1. The molecule has 0 bridgehead atoms. The van der Waals surface area contributed by atoms with Crippen molar-refractivity contribution in [1.29, 1.82) is 0 Å². The molecule has 4 heterocycles. The second-order valence-corrected chi connectivity index (χ2v) is 9.99. The monoisotopic (exact) mass is 561 g/mol. The van der Waals surface area contributed by atoms with Gasteiger partial charge in [-0.15, -0.1) is 11.3 Å². The Balaban J connectivity index is 1.70. The Morgan fingerprint density at radius 3 is 2.72 bits per heavy atom. The van der Waals surface area contributed by atoms with E-state index in [4.69, 9.17) is 18.6 Å². The third-order valence-corrected chi connectivity index (χ3v) is 7.86. The average molecular weight is 562 g/mol. The number of para-hydroxylation sites is 1. The third kappa shape index (κ3) is 5.04. The summed E-state index contributed by atoms with van der Waals surface area (Å²) in [6, 6.07) is 7.14. The number of hydrogen-bond acceptors (Lipinski definition) is 9. The van der Waals surface area contributed by atoms with Gasteiger partial charge in [-0.05, 0) is 31.4 Å². The van der Waals surface area contributed by atoms with E-state index in [0.717, 1.165) is 11.3 Å². The highest BCUT2D eigenvalue weighted by atomic mass is 32.1. The molecule has 0 amide bonds. The van der Waals surface area contributed by atoms with E-state index in [9.17, 15) is 23.5 Å². The number of rotatable bonds is 9. The minimum Gasteiger partial charge on any atom is -0.496 e. The number of aryl methyl sites for hydroxylation is 1. The van der Waals surface area contributed by atoms with Crippen LogP contribution in [0.3, 0.4) is 0 Å². The van der Waals surface area contributed by atoms with Crippen molar-refractivity contribution >= 4 is 27.5 Å². The fourth-order valence-corrected chi connectivity index (χ4v) is 5.80. The van der Waals surface area contributed by atoms with Crippen molar-refractivity contribution in [3.05, 3.63) is 63.8 Å². The van der Waals surface area contributed by atoms with Crippen molar-refractivity contribution in [3.8, 4) is 16.5 Å². The highest BCUT2D eigenvalue weighted by molar-refractivity contribution is 7.22. The number of methoxy groups -OCH3 is 1. The molecule has 0 spiro atoms. The summed E-state index contributed by atoms with van der Waals surface area (Å²) in [6.07, 6.45) is 3.12. The molecule has 3 aromatic heterocycles. The topological polar surface area (TPSA) is 126 Å². The Morgan fingerprint density at radius 1 is 1.31 bits per heavy atom. The Hall–Kier alpha value is -3.68. The normalized spacial score (nSPS) is 15.5. The predicted octanol–water partition coefficient (Wildman–Crippen LogP) is 4.54. The van der Waals surface area contributed by atoms with Gasteiger partial charge in [0.1, 0.15) is 22.9 Å². The summed E-state index contributed by atoms with van der Waals surface area (Å²) in [5.74, 6) is -6.28. The van der Waals surface area contributed by atoms with E-state index in [1.807, 2.05) is 0 Å². The van der Waals surface area contributed by atoms with E-state index < -0.39 is 29.1 Å². The second-order valence-electron chi connectivity index (χ2n) is 8.99. The number of oxazole rings is 1. The van der Waals surface area contributed by atoms with Gasteiger partial charge in [0, 0.05) is 18.8 Å². The van der Waals surface area contributed by atoms with Crippen LogP contribution in [0.4, 0.5) is 8.78 Å². The van der Waals surface area contributed by atoms with Crippen molar-refractivity contribution in [2.45, 2.75) is 44.4 Å². The fraction of sp³-hybridized carbons (Fsp3) is 0.385. The van der Waals surface area contributed by atoms with Gasteiger partial charge in [-0.2, -0.15) is 13.9 Å². The zero-order valence-corrected chi connectivity index (χ0v) is 21.9. The number of carboxylic acid groups (broad SMARTS) is 1. The number of hydrogen-bond donors (Lipinski definition) is 1. The van der Waals surface area contributed by atoms with E-state index >= 15 is 0 Å². The molecule has 1 N–H and O–H groups in total. The van der Waals surface area contributed by atoms with Crippen LogP contribution >= 0.6 is 11.3 Å². The van der Waals surface area contributed by atoms with E-state index in [0.29, 0.717) is 47.8 Å². The number of alkyl halides is 2. The smallest absolute Gasteiger partial charge is 0.389 e. The maximum atomic E-state index is 14.8. The Labute approximate surface area is 224 Å². The van der Waals surface area contributed by atoms with E-state index in [1.54, 1.807) is 31.2 Å². The number of carbonyl (C=O) groups is 1. The number of aliphatic carboxylic acids is 1. The highest BCUT2D eigenvalue weighted by Gasteiger charge is 2.46. The van der Waals surface area contributed by atoms with Gasteiger partial charge in [0.15, 0.2) is 5.69 Å². The third-order valence-electron chi connectivity index (χ3n) is 6.57. The molecule has 5 rings (SSSR count). The minimum atomic E-state index is -4.52. The van der Waals surface area contributed by atoms with Crippen LogP contribution in [-0.2, 0) is 26.7 Å². The SMILES string of the molecule is COc1ccccc1[C@@H](Cn1nc(C(F)(F)C(=O)O)c(=O)c2c(C)c(-c3ncco3)sc21)OC1CCOCC1. The van der Waals surface area contributed by atoms with Crippen LogP contribution in [0.25, 0.3) is 21.0 Å². The maximum Gasteiger partial charge on any atom is 0.389 e. The molecule has 1 aliphatic rings. The number of fused-ring (bicyclic) bond motifs is 1. The van der Waals surface area contributed by atoms with Crippen molar-refractivity contribution < 1.29 is 37.3 Å². The van der Waals surface area contributed by atoms with E-state index in [2.05, 4.69) is 10.1 Å². The van der Waals surface area contributed by atoms with E-state index in [1.165, 1.54) is 24.3 Å². The molecule has 0 saturated carbocycles. The molecule has 0 aliphatic carbocycles. The van der Waals surface area contributed by atoms with Gasteiger partial charge in [0.05, 0.1) is 36.2 Å². The van der Waals surface area contributed by atoms with Crippen LogP contribution in [0, 0.1) is 6.92 Å². The van der Waals surface area contributed by atoms with Gasteiger partial charge in [0.2, 0.25) is 11.3 Å². The van der Waals surface area contributed by atoms with Gasteiger partial charge >= 0.3 is 11.9 Å². The van der Waals surface area contributed by atoms with Crippen LogP contribution in [0.15, 0.2) is 45.9 Å². The molecule has 10 nitrogen and oxygen atoms in total. The summed E-state index contributed by atoms with van der Waals surface area (Å²) in [6.45, 7) is 2.50. The van der Waals surface area contributed by atoms with E-state index in [-0.39, 0.29) is 28.8 Å². The molecular weight excluding hydrogens is 536 g/mol. The van der Waals surface area contributed by atoms with Crippen LogP contribution in [0.5, 0.6) is 5.75 Å². The van der Waals surface area contributed by atoms with Gasteiger partial charge in [-0.3, -0.25) is 9.48 Å². The molecule has 1 saturated heterocycles. The number of aromatic nitrogens is 3. The van der Waals surface area contributed by atoms with Crippen LogP contribution < -0.4 is 10.2 Å². The number of thiophene rings is 1. The molecule has 1 aromatic carbocycles. The maximum absolute atomic E-state index is 14.8. The molecule has 0 radical (unpaired) electrons. The summed E-state index contributed by atoms with van der Waals surface area (Å²) in [7, 11) is 1.51. The van der Waals surface area contributed by atoms with Crippen molar-refractivity contribution in [1.82, 2.24) is 14.8 Å². The molecular formula is C26H25F2N3O7S. The summed E-state index contributed by atoms with van der Waals surface area (Å²) >= 11 is 1.09. The Kier molecular flexibility index (Phi) is 7.47. The Bertz CT molecular complexity index is 1550. The lowest BCUT2D eigenvalue weighted by molar-refractivity contribution is -0.167. The van der Waals surface area contributed by atoms with Gasteiger partial charge in [-0.25, -0.2) is 9.78 Å². The first-order chi connectivity index (χ1) is 18.7. The number of ether oxygens (including phenoxy) is 3. The van der Waals surface area contributed by atoms with Crippen LogP contribution in [0.2, 0.25) is 0 Å². The zero-order chi connectivity index (χ0) is 27.7. The van der Waals surface area contributed by atoms with Gasteiger partial charge in [0.25, 0.3) is 0 Å². The lowest BCUT2D eigenvalue weighted by Gasteiger charge is -2.29. The lowest BCUT2D eigenvalue weighted by atomic mass is 10.1. The number of halogens is 2. The second kappa shape index (κ2) is 10.8. The highest BCUT2D eigenvalue weighted by Crippen LogP contribution is 2.39. The Morgan fingerprint density at radius 2 is 2.05 bits per heavy atom. The summed E-state index contributed by atoms with van der Waals surface area (Å²) in [5, 5.41) is 13.1. The number of benzene rings is 1. The standard InChI is InChI=1S/C26H25F2N3O7S/c1-14-19-20(32)22(26(27,28)25(33)34)30-31(24(19)39-21(14)23-29-9-12-37-23)13-18(38-15-7-10-36-11-8-15)16-5-3-4-6-17(16)35-2/h3-6,9,12,15,18H,7-8,10-11,13H2,1-2H3,(H,33,34)/t18-/m1/s1. The quantitative estimate of drug-likeness (QED) is 0.313.